The Bertz CT molecular complexity index is 722. The van der Waals surface area contributed by atoms with Gasteiger partial charge >= 0.3 is 0 Å². The van der Waals surface area contributed by atoms with E-state index < -0.39 is 0 Å². The Hall–Kier alpha value is -2.49. The number of anilines is 1. The van der Waals surface area contributed by atoms with Crippen molar-refractivity contribution in [2.45, 2.75) is 12.8 Å². The van der Waals surface area contributed by atoms with E-state index in [1.165, 1.54) is 5.56 Å². The van der Waals surface area contributed by atoms with E-state index in [4.69, 9.17) is 9.26 Å². The maximum absolute atomic E-state index is 5.38. The normalized spacial score (nSPS) is 12.3. The first-order chi connectivity index (χ1) is 10.3. The molecule has 4 nitrogen and oxygen atoms in total. The Labute approximate surface area is 123 Å². The standard InChI is InChI=1S/C17H18N2O2/c1-12(13-7-4-3-5-8-13)11-18-17-16-14(20-2)9-6-10-15(16)21-19-17/h3-10,12H,11H2,1-2H3,(H,18,19). The average Bonchev–Trinajstić information content (AvgIpc) is 2.96. The molecule has 3 aromatic rings. The van der Waals surface area contributed by atoms with E-state index >= 15 is 0 Å². The molecule has 1 aromatic heterocycles. The summed E-state index contributed by atoms with van der Waals surface area (Å²) in [6.07, 6.45) is 0. The Morgan fingerprint density at radius 3 is 2.71 bits per heavy atom. The molecule has 1 heterocycles. The summed E-state index contributed by atoms with van der Waals surface area (Å²) in [5.74, 6) is 1.88. The number of hydrogen-bond donors (Lipinski definition) is 1. The quantitative estimate of drug-likeness (QED) is 0.767. The van der Waals surface area contributed by atoms with Crippen LogP contribution in [-0.4, -0.2) is 18.8 Å². The van der Waals surface area contributed by atoms with Gasteiger partial charge < -0.3 is 14.6 Å². The molecule has 0 radical (unpaired) electrons. The average molecular weight is 282 g/mol. The predicted octanol–water partition coefficient (Wildman–Crippen LogP) is 4.05. The lowest BCUT2D eigenvalue weighted by Gasteiger charge is -2.12. The number of hydrogen-bond acceptors (Lipinski definition) is 4. The highest BCUT2D eigenvalue weighted by Crippen LogP contribution is 2.32. The Kier molecular flexibility index (Phi) is 3.77. The van der Waals surface area contributed by atoms with E-state index in [9.17, 15) is 0 Å². The number of rotatable bonds is 5. The lowest BCUT2D eigenvalue weighted by molar-refractivity contribution is 0.419. The van der Waals surface area contributed by atoms with E-state index in [0.717, 1.165) is 29.1 Å². The molecule has 0 bridgehead atoms. The second-order valence-electron chi connectivity index (χ2n) is 5.06. The summed E-state index contributed by atoms with van der Waals surface area (Å²) in [7, 11) is 1.65. The van der Waals surface area contributed by atoms with Gasteiger partial charge in [0.1, 0.15) is 11.1 Å². The first-order valence-corrected chi connectivity index (χ1v) is 7.01. The fourth-order valence-electron chi connectivity index (χ4n) is 2.40. The van der Waals surface area contributed by atoms with Crippen LogP contribution < -0.4 is 10.1 Å². The van der Waals surface area contributed by atoms with Gasteiger partial charge in [-0.15, -0.1) is 0 Å². The number of fused-ring (bicyclic) bond motifs is 1. The maximum atomic E-state index is 5.38. The monoisotopic (exact) mass is 282 g/mol. The minimum Gasteiger partial charge on any atom is -0.496 e. The van der Waals surface area contributed by atoms with Crippen LogP contribution in [0.5, 0.6) is 5.75 Å². The van der Waals surface area contributed by atoms with Crippen molar-refractivity contribution in [1.82, 2.24) is 5.16 Å². The number of ether oxygens (including phenoxy) is 1. The highest BCUT2D eigenvalue weighted by molar-refractivity contribution is 5.93. The molecule has 0 aliphatic rings. The van der Waals surface area contributed by atoms with Crippen LogP contribution in [0.25, 0.3) is 11.0 Å². The molecule has 1 unspecified atom stereocenters. The Balaban J connectivity index is 1.80. The van der Waals surface area contributed by atoms with Crippen LogP contribution in [0, 0.1) is 0 Å². The van der Waals surface area contributed by atoms with E-state index in [2.05, 4.69) is 41.7 Å². The predicted molar refractivity (Wildman–Crippen MR) is 83.9 cm³/mol. The number of nitrogens with zero attached hydrogens (tertiary/aromatic N) is 1. The van der Waals surface area contributed by atoms with Crippen LogP contribution in [0.1, 0.15) is 18.4 Å². The zero-order valence-electron chi connectivity index (χ0n) is 12.2. The highest BCUT2D eigenvalue weighted by Gasteiger charge is 2.14. The first kappa shape index (κ1) is 13.5. The summed E-state index contributed by atoms with van der Waals surface area (Å²) in [6.45, 7) is 2.96. The van der Waals surface area contributed by atoms with E-state index in [0.29, 0.717) is 5.92 Å². The van der Waals surface area contributed by atoms with Crippen LogP contribution in [0.4, 0.5) is 5.82 Å². The molecule has 21 heavy (non-hydrogen) atoms. The number of benzene rings is 2. The lowest BCUT2D eigenvalue weighted by Crippen LogP contribution is -2.10. The van der Waals surface area contributed by atoms with E-state index in [1.54, 1.807) is 7.11 Å². The minimum atomic E-state index is 0.382. The van der Waals surface area contributed by atoms with Gasteiger partial charge in [-0.3, -0.25) is 0 Å². The molecule has 0 saturated heterocycles. The van der Waals surface area contributed by atoms with Gasteiger partial charge in [0.2, 0.25) is 0 Å². The van der Waals surface area contributed by atoms with Crippen LogP contribution in [-0.2, 0) is 0 Å². The van der Waals surface area contributed by atoms with Crippen molar-refractivity contribution in [1.29, 1.82) is 0 Å². The summed E-state index contributed by atoms with van der Waals surface area (Å²) < 4.78 is 10.7. The summed E-state index contributed by atoms with van der Waals surface area (Å²) in [6, 6.07) is 16.1. The fourth-order valence-corrected chi connectivity index (χ4v) is 2.40. The van der Waals surface area contributed by atoms with Gasteiger partial charge in [0, 0.05) is 6.54 Å². The third kappa shape index (κ3) is 2.70. The molecule has 0 fully saturated rings. The Morgan fingerprint density at radius 2 is 1.95 bits per heavy atom. The molecule has 0 aliphatic carbocycles. The molecule has 108 valence electrons. The smallest absolute Gasteiger partial charge is 0.181 e. The van der Waals surface area contributed by atoms with Crippen molar-refractivity contribution in [3.8, 4) is 5.75 Å². The lowest BCUT2D eigenvalue weighted by atomic mass is 10.0. The van der Waals surface area contributed by atoms with Gasteiger partial charge in [0.05, 0.1) is 7.11 Å². The SMILES string of the molecule is COc1cccc2onc(NCC(C)c3ccccc3)c12. The molecule has 1 N–H and O–H groups in total. The van der Waals surface area contributed by atoms with Gasteiger partial charge in [-0.25, -0.2) is 0 Å². The molecule has 2 aromatic carbocycles. The summed E-state index contributed by atoms with van der Waals surface area (Å²) in [5, 5.41) is 8.35. The topological polar surface area (TPSA) is 47.3 Å². The van der Waals surface area contributed by atoms with Gasteiger partial charge in [0.15, 0.2) is 11.4 Å². The zero-order valence-corrected chi connectivity index (χ0v) is 12.2. The minimum absolute atomic E-state index is 0.382. The zero-order chi connectivity index (χ0) is 14.7. The molecule has 0 amide bonds. The molecule has 3 rings (SSSR count). The maximum Gasteiger partial charge on any atom is 0.181 e. The summed E-state index contributed by atoms with van der Waals surface area (Å²) in [4.78, 5) is 0. The van der Waals surface area contributed by atoms with Crippen LogP contribution in [0.15, 0.2) is 53.1 Å². The molecule has 0 spiro atoms. The van der Waals surface area contributed by atoms with Gasteiger partial charge in [-0.1, -0.05) is 48.5 Å². The number of nitrogens with one attached hydrogen (secondary N) is 1. The highest BCUT2D eigenvalue weighted by atomic mass is 16.5. The third-order valence-electron chi connectivity index (χ3n) is 3.62. The number of methoxy groups -OCH3 is 1. The summed E-state index contributed by atoms with van der Waals surface area (Å²) >= 11 is 0. The van der Waals surface area contributed by atoms with Gasteiger partial charge in [0.25, 0.3) is 0 Å². The fraction of sp³-hybridized carbons (Fsp3) is 0.235. The van der Waals surface area contributed by atoms with Gasteiger partial charge in [-0.2, -0.15) is 0 Å². The third-order valence-corrected chi connectivity index (χ3v) is 3.62. The summed E-state index contributed by atoms with van der Waals surface area (Å²) in [5.41, 5.74) is 2.02. The first-order valence-electron chi connectivity index (χ1n) is 7.01. The largest absolute Gasteiger partial charge is 0.496 e. The van der Waals surface area contributed by atoms with Crippen molar-refractivity contribution in [2.24, 2.45) is 0 Å². The molecular formula is C17H18N2O2. The second-order valence-corrected chi connectivity index (χ2v) is 5.06. The van der Waals surface area contributed by atoms with Crippen molar-refractivity contribution in [3.05, 3.63) is 54.1 Å². The van der Waals surface area contributed by atoms with E-state index in [-0.39, 0.29) is 0 Å². The molecule has 1 atom stereocenters. The molecule has 0 saturated carbocycles. The van der Waals surface area contributed by atoms with Crippen LogP contribution in [0.3, 0.4) is 0 Å². The second kappa shape index (κ2) is 5.87. The molecule has 4 heteroatoms. The van der Waals surface area contributed by atoms with Crippen LogP contribution in [0.2, 0.25) is 0 Å². The molecular weight excluding hydrogens is 264 g/mol. The van der Waals surface area contributed by atoms with Crippen molar-refractivity contribution in [2.75, 3.05) is 19.0 Å². The van der Waals surface area contributed by atoms with Crippen molar-refractivity contribution in [3.63, 3.8) is 0 Å². The number of aromatic nitrogens is 1. The molecule has 0 aliphatic heterocycles. The van der Waals surface area contributed by atoms with Gasteiger partial charge in [-0.05, 0) is 23.6 Å². The van der Waals surface area contributed by atoms with E-state index in [1.807, 2.05) is 24.3 Å². The van der Waals surface area contributed by atoms with Crippen molar-refractivity contribution < 1.29 is 9.26 Å². The van der Waals surface area contributed by atoms with Crippen LogP contribution >= 0.6 is 0 Å². The van der Waals surface area contributed by atoms with Crippen molar-refractivity contribution >= 4 is 16.8 Å². The Morgan fingerprint density at radius 1 is 1.14 bits per heavy atom.